The molecular weight excluding hydrogens is 76.1 g/mol. The quantitative estimate of drug-likeness (QED) is 0.465. The van der Waals surface area contributed by atoms with Crippen LogP contribution in [0.5, 0.6) is 0 Å². The summed E-state index contributed by atoms with van der Waals surface area (Å²) in [6.07, 6.45) is 4.57. The second-order valence-electron chi connectivity index (χ2n) is 1.79. The van der Waals surface area contributed by atoms with Gasteiger partial charge < -0.3 is 4.74 Å². The van der Waals surface area contributed by atoms with Crippen LogP contribution in [-0.2, 0) is 4.74 Å². The zero-order chi connectivity index (χ0) is 4.41. The third-order valence-corrected chi connectivity index (χ3v) is 1.39. The number of methoxy groups -OCH3 is 1. The Morgan fingerprint density at radius 1 is 1.50 bits per heavy atom. The Hall–Kier alpha value is -0.0400. The van der Waals surface area contributed by atoms with Crippen molar-refractivity contribution in [3.05, 3.63) is 0 Å². The molecule has 0 unspecified atom stereocenters. The predicted octanol–water partition coefficient (Wildman–Crippen LogP) is 1.19. The first-order chi connectivity index (χ1) is 2.93. The van der Waals surface area contributed by atoms with Crippen molar-refractivity contribution in [3.63, 3.8) is 0 Å². The molecule has 0 aromatic carbocycles. The van der Waals surface area contributed by atoms with E-state index in [1.807, 2.05) is 0 Å². The van der Waals surface area contributed by atoms with Crippen molar-refractivity contribution in [2.45, 2.75) is 25.4 Å². The Kier molecular flexibility index (Phi) is 1.10. The Morgan fingerprint density at radius 3 is 2.17 bits per heavy atom. The highest BCUT2D eigenvalue weighted by Crippen LogP contribution is 2.20. The van der Waals surface area contributed by atoms with Crippen molar-refractivity contribution in [3.8, 4) is 0 Å². The Bertz CT molecular complexity index is 36.4. The van der Waals surface area contributed by atoms with Gasteiger partial charge in [0.05, 0.1) is 6.10 Å². The molecule has 1 saturated carbocycles. The van der Waals surface area contributed by atoms with Gasteiger partial charge in [-0.15, -0.1) is 0 Å². The molecule has 0 heterocycles. The summed E-state index contributed by atoms with van der Waals surface area (Å²) in [4.78, 5) is 0. The molecule has 6 heavy (non-hydrogen) atoms. The highest BCUT2D eigenvalue weighted by atomic mass is 16.5. The Labute approximate surface area is 38.3 Å². The summed E-state index contributed by atoms with van der Waals surface area (Å²) in [6.45, 7) is 0. The lowest BCUT2D eigenvalue weighted by Gasteiger charge is -2.22. The molecular formula is C5H10O. The van der Waals surface area contributed by atoms with E-state index in [0.29, 0.717) is 6.10 Å². The fourth-order valence-corrected chi connectivity index (χ4v) is 0.606. The van der Waals surface area contributed by atoms with Crippen LogP contribution in [0.1, 0.15) is 19.3 Å². The van der Waals surface area contributed by atoms with E-state index in [1.165, 1.54) is 19.3 Å². The molecule has 36 valence electrons. The highest BCUT2D eigenvalue weighted by Gasteiger charge is 2.14. The average molecular weight is 86.1 g/mol. The first-order valence-electron chi connectivity index (χ1n) is 2.46. The Morgan fingerprint density at radius 2 is 2.17 bits per heavy atom. The highest BCUT2D eigenvalue weighted by molar-refractivity contribution is 4.67. The van der Waals surface area contributed by atoms with Crippen LogP contribution in [0.3, 0.4) is 0 Å². The van der Waals surface area contributed by atoms with E-state index in [-0.39, 0.29) is 0 Å². The predicted molar refractivity (Wildman–Crippen MR) is 24.6 cm³/mol. The van der Waals surface area contributed by atoms with Crippen LogP contribution >= 0.6 is 0 Å². The summed E-state index contributed by atoms with van der Waals surface area (Å²) < 4.78 is 4.99. The zero-order valence-corrected chi connectivity index (χ0v) is 4.11. The van der Waals surface area contributed by atoms with Crippen LogP contribution in [0.2, 0.25) is 0 Å². The molecule has 1 fully saturated rings. The summed E-state index contributed by atoms with van der Waals surface area (Å²) in [5, 5.41) is 0. The molecule has 0 atom stereocenters. The second kappa shape index (κ2) is 1.61. The summed E-state index contributed by atoms with van der Waals surface area (Å²) in [5.41, 5.74) is 0. The minimum Gasteiger partial charge on any atom is -0.381 e. The maximum atomic E-state index is 4.99. The molecule has 0 aromatic heterocycles. The fourth-order valence-electron chi connectivity index (χ4n) is 0.606. The smallest absolute Gasteiger partial charge is 0.0571 e. The molecule has 0 bridgehead atoms. The summed E-state index contributed by atoms with van der Waals surface area (Å²) in [6, 6.07) is 0. The molecule has 1 rings (SSSR count). The first kappa shape index (κ1) is 4.13. The maximum absolute atomic E-state index is 4.99. The summed E-state index contributed by atoms with van der Waals surface area (Å²) in [5.74, 6) is 0. The summed E-state index contributed by atoms with van der Waals surface area (Å²) >= 11 is 0. The van der Waals surface area contributed by atoms with Gasteiger partial charge in [0, 0.05) is 7.11 Å². The summed E-state index contributed by atoms with van der Waals surface area (Å²) in [7, 11) is 1.78. The van der Waals surface area contributed by atoms with Gasteiger partial charge in [-0.2, -0.15) is 0 Å². The topological polar surface area (TPSA) is 9.23 Å². The van der Waals surface area contributed by atoms with E-state index in [4.69, 9.17) is 4.74 Å². The van der Waals surface area contributed by atoms with Crippen molar-refractivity contribution in [2.75, 3.05) is 7.11 Å². The van der Waals surface area contributed by atoms with Crippen molar-refractivity contribution in [1.29, 1.82) is 0 Å². The molecule has 0 aromatic rings. The van der Waals surface area contributed by atoms with E-state index in [9.17, 15) is 0 Å². The van der Waals surface area contributed by atoms with E-state index in [1.54, 1.807) is 7.11 Å². The lowest BCUT2D eigenvalue weighted by atomic mass is 9.96. The van der Waals surface area contributed by atoms with Gasteiger partial charge in [0.25, 0.3) is 0 Å². The Balaban J connectivity index is 2.01. The van der Waals surface area contributed by atoms with Gasteiger partial charge in [0.1, 0.15) is 0 Å². The third kappa shape index (κ3) is 0.548. The maximum Gasteiger partial charge on any atom is 0.0571 e. The number of ether oxygens (including phenoxy) is 1. The van der Waals surface area contributed by atoms with E-state index in [0.717, 1.165) is 0 Å². The van der Waals surface area contributed by atoms with E-state index >= 15 is 0 Å². The lowest BCUT2D eigenvalue weighted by Crippen LogP contribution is -2.18. The minimum atomic E-state index is 0.616. The molecule has 1 aliphatic carbocycles. The largest absolute Gasteiger partial charge is 0.381 e. The van der Waals surface area contributed by atoms with Gasteiger partial charge in [0.2, 0.25) is 0 Å². The normalized spacial score (nSPS) is 23.5. The molecule has 0 radical (unpaired) electrons. The number of hydrogen-bond acceptors (Lipinski definition) is 1. The SMILES string of the molecule is COC1CCC1. The zero-order valence-electron chi connectivity index (χ0n) is 4.11. The van der Waals surface area contributed by atoms with Crippen molar-refractivity contribution >= 4 is 0 Å². The van der Waals surface area contributed by atoms with Gasteiger partial charge in [0.15, 0.2) is 0 Å². The van der Waals surface area contributed by atoms with Crippen LogP contribution in [0, 0.1) is 0 Å². The number of rotatable bonds is 1. The van der Waals surface area contributed by atoms with Gasteiger partial charge in [-0.25, -0.2) is 0 Å². The monoisotopic (exact) mass is 86.1 g/mol. The first-order valence-corrected chi connectivity index (χ1v) is 2.46. The molecule has 0 spiro atoms. The van der Waals surface area contributed by atoms with Crippen molar-refractivity contribution in [2.24, 2.45) is 0 Å². The van der Waals surface area contributed by atoms with Gasteiger partial charge in [-0.05, 0) is 19.3 Å². The second-order valence-corrected chi connectivity index (χ2v) is 1.79. The molecule has 0 amide bonds. The van der Waals surface area contributed by atoms with Crippen LogP contribution in [-0.4, -0.2) is 13.2 Å². The van der Waals surface area contributed by atoms with Crippen LogP contribution < -0.4 is 0 Å². The molecule has 1 heteroatoms. The third-order valence-electron chi connectivity index (χ3n) is 1.39. The molecule has 0 saturated heterocycles. The van der Waals surface area contributed by atoms with E-state index < -0.39 is 0 Å². The molecule has 1 aliphatic rings. The minimum absolute atomic E-state index is 0.616. The van der Waals surface area contributed by atoms with Crippen LogP contribution in [0.15, 0.2) is 0 Å². The lowest BCUT2D eigenvalue weighted by molar-refractivity contribution is 0.0412. The van der Waals surface area contributed by atoms with Crippen molar-refractivity contribution in [1.82, 2.24) is 0 Å². The van der Waals surface area contributed by atoms with Crippen LogP contribution in [0.25, 0.3) is 0 Å². The van der Waals surface area contributed by atoms with Gasteiger partial charge >= 0.3 is 0 Å². The van der Waals surface area contributed by atoms with Crippen molar-refractivity contribution < 1.29 is 4.74 Å². The van der Waals surface area contributed by atoms with E-state index in [2.05, 4.69) is 0 Å². The fraction of sp³-hybridized carbons (Fsp3) is 1.00. The standard InChI is InChI=1S/C5H10O/c1-6-5-3-2-4-5/h5H,2-4H2,1H3. The van der Waals surface area contributed by atoms with Crippen LogP contribution in [0.4, 0.5) is 0 Å². The van der Waals surface area contributed by atoms with Gasteiger partial charge in [-0.1, -0.05) is 0 Å². The molecule has 0 aliphatic heterocycles. The van der Waals surface area contributed by atoms with Gasteiger partial charge in [-0.3, -0.25) is 0 Å². The molecule has 0 N–H and O–H groups in total. The average Bonchev–Trinajstić information content (AvgIpc) is 1.31. The molecule has 1 nitrogen and oxygen atoms in total. The number of hydrogen-bond donors (Lipinski definition) is 0.